The molecule has 2 amide bonds. The van der Waals surface area contributed by atoms with Crippen LogP contribution in [0.2, 0.25) is 0 Å². The molecule has 7 heteroatoms. The van der Waals surface area contributed by atoms with Crippen LogP contribution in [0.1, 0.15) is 32.6 Å². The first-order chi connectivity index (χ1) is 9.90. The van der Waals surface area contributed by atoms with E-state index >= 15 is 0 Å². The van der Waals surface area contributed by atoms with Gasteiger partial charge in [-0.25, -0.2) is 4.79 Å². The highest BCUT2D eigenvalue weighted by molar-refractivity contribution is 5.86. The lowest BCUT2D eigenvalue weighted by atomic mass is 9.96. The summed E-state index contributed by atoms with van der Waals surface area (Å²) >= 11 is 0. The van der Waals surface area contributed by atoms with E-state index in [4.69, 9.17) is 5.11 Å². The largest absolute Gasteiger partial charge is 0.480 e. The number of carbonyl (C=O) groups excluding carboxylic acids is 2. The van der Waals surface area contributed by atoms with Crippen molar-refractivity contribution in [2.45, 2.75) is 44.8 Å². The summed E-state index contributed by atoms with van der Waals surface area (Å²) in [6, 6.07) is -1.31. The van der Waals surface area contributed by atoms with Crippen LogP contribution in [0.15, 0.2) is 0 Å². The standard InChI is InChI=1S/C14H22N2O5/c1-8(17)11(14(20)21)15-12(18)10-3-2-6-16(7-10)13(19)9-4-5-9/h8-11,17H,2-7H2,1H3,(H,15,18)(H,20,21). The highest BCUT2D eigenvalue weighted by Crippen LogP contribution is 2.32. The van der Waals surface area contributed by atoms with Gasteiger partial charge in [-0.05, 0) is 32.6 Å². The van der Waals surface area contributed by atoms with Crippen molar-refractivity contribution in [1.29, 1.82) is 0 Å². The highest BCUT2D eigenvalue weighted by atomic mass is 16.4. The fourth-order valence-corrected chi connectivity index (χ4v) is 2.64. The van der Waals surface area contributed by atoms with Crippen LogP contribution in [0, 0.1) is 11.8 Å². The highest BCUT2D eigenvalue weighted by Gasteiger charge is 2.37. The van der Waals surface area contributed by atoms with Gasteiger partial charge in [-0.15, -0.1) is 0 Å². The predicted molar refractivity (Wildman–Crippen MR) is 73.3 cm³/mol. The summed E-state index contributed by atoms with van der Waals surface area (Å²) in [5.74, 6) is -1.84. The van der Waals surface area contributed by atoms with E-state index in [1.165, 1.54) is 6.92 Å². The second-order valence-corrected chi connectivity index (χ2v) is 5.96. The molecule has 2 fully saturated rings. The van der Waals surface area contributed by atoms with Crippen LogP contribution in [0.3, 0.4) is 0 Å². The van der Waals surface area contributed by atoms with Crippen molar-refractivity contribution in [2.24, 2.45) is 11.8 Å². The van der Waals surface area contributed by atoms with Gasteiger partial charge in [-0.2, -0.15) is 0 Å². The maximum absolute atomic E-state index is 12.1. The molecule has 1 saturated carbocycles. The van der Waals surface area contributed by atoms with Crippen molar-refractivity contribution in [3.63, 3.8) is 0 Å². The smallest absolute Gasteiger partial charge is 0.328 e. The van der Waals surface area contributed by atoms with Crippen LogP contribution >= 0.6 is 0 Å². The van der Waals surface area contributed by atoms with E-state index in [0.717, 1.165) is 19.3 Å². The Labute approximate surface area is 123 Å². The molecule has 3 atom stereocenters. The normalized spacial score (nSPS) is 25.0. The van der Waals surface area contributed by atoms with Crippen molar-refractivity contribution in [2.75, 3.05) is 13.1 Å². The van der Waals surface area contributed by atoms with Gasteiger partial charge < -0.3 is 20.4 Å². The zero-order valence-electron chi connectivity index (χ0n) is 12.1. The lowest BCUT2D eigenvalue weighted by molar-refractivity contribution is -0.146. The number of aliphatic carboxylic acids is 1. The maximum atomic E-state index is 12.1. The molecule has 0 aromatic carbocycles. The Bertz CT molecular complexity index is 433. The van der Waals surface area contributed by atoms with Crippen LogP contribution < -0.4 is 5.32 Å². The summed E-state index contributed by atoms with van der Waals surface area (Å²) in [5.41, 5.74) is 0. The van der Waals surface area contributed by atoms with Gasteiger partial charge in [0.25, 0.3) is 0 Å². The fourth-order valence-electron chi connectivity index (χ4n) is 2.64. The number of rotatable bonds is 5. The quantitative estimate of drug-likeness (QED) is 0.639. The third-order valence-electron chi connectivity index (χ3n) is 4.08. The first kappa shape index (κ1) is 15.8. The Morgan fingerprint density at radius 1 is 1.19 bits per heavy atom. The molecule has 3 N–H and O–H groups in total. The molecular weight excluding hydrogens is 276 g/mol. The molecule has 0 spiro atoms. The molecule has 1 aliphatic carbocycles. The molecule has 3 unspecified atom stereocenters. The lowest BCUT2D eigenvalue weighted by Crippen LogP contribution is -2.52. The number of hydrogen-bond donors (Lipinski definition) is 3. The Kier molecular flexibility index (Phi) is 4.82. The number of carbonyl (C=O) groups is 3. The molecule has 21 heavy (non-hydrogen) atoms. The van der Waals surface area contributed by atoms with E-state index in [0.29, 0.717) is 19.5 Å². The van der Waals surface area contributed by atoms with Crippen LogP contribution in [0.4, 0.5) is 0 Å². The summed E-state index contributed by atoms with van der Waals surface area (Å²) in [6.07, 6.45) is 2.05. The summed E-state index contributed by atoms with van der Waals surface area (Å²) in [7, 11) is 0. The Hall–Kier alpha value is -1.63. The van der Waals surface area contributed by atoms with Crippen molar-refractivity contribution >= 4 is 17.8 Å². The van der Waals surface area contributed by atoms with E-state index in [2.05, 4.69) is 5.32 Å². The zero-order chi connectivity index (χ0) is 15.6. The second kappa shape index (κ2) is 6.43. The van der Waals surface area contributed by atoms with Gasteiger partial charge in [0.1, 0.15) is 0 Å². The number of nitrogens with one attached hydrogen (secondary N) is 1. The lowest BCUT2D eigenvalue weighted by Gasteiger charge is -2.33. The van der Waals surface area contributed by atoms with Crippen molar-refractivity contribution in [1.82, 2.24) is 10.2 Å². The topological polar surface area (TPSA) is 107 Å². The molecule has 1 heterocycles. The third-order valence-corrected chi connectivity index (χ3v) is 4.08. The second-order valence-electron chi connectivity index (χ2n) is 5.96. The monoisotopic (exact) mass is 298 g/mol. The van der Waals surface area contributed by atoms with Crippen LogP contribution in [-0.4, -0.2) is 58.1 Å². The number of likely N-dealkylation sites (tertiary alicyclic amines) is 1. The molecule has 2 rings (SSSR count). The average molecular weight is 298 g/mol. The number of piperidine rings is 1. The van der Waals surface area contributed by atoms with E-state index < -0.39 is 29.9 Å². The molecule has 118 valence electrons. The minimum Gasteiger partial charge on any atom is -0.480 e. The molecule has 0 bridgehead atoms. The molecule has 1 saturated heterocycles. The number of hydrogen-bond acceptors (Lipinski definition) is 4. The summed E-state index contributed by atoms with van der Waals surface area (Å²) < 4.78 is 0. The van der Waals surface area contributed by atoms with Gasteiger partial charge in [-0.1, -0.05) is 0 Å². The molecule has 2 aliphatic rings. The van der Waals surface area contributed by atoms with Gasteiger partial charge >= 0.3 is 5.97 Å². The third kappa shape index (κ3) is 3.93. The van der Waals surface area contributed by atoms with Crippen LogP contribution in [0.25, 0.3) is 0 Å². The van der Waals surface area contributed by atoms with Crippen molar-refractivity contribution in [3.05, 3.63) is 0 Å². The summed E-state index contributed by atoms with van der Waals surface area (Å²) in [4.78, 5) is 36.9. The minimum atomic E-state index is -1.31. The predicted octanol–water partition coefficient (Wildman–Crippen LogP) is -0.415. The van der Waals surface area contributed by atoms with Crippen LogP contribution in [0.5, 0.6) is 0 Å². The molecule has 0 radical (unpaired) electrons. The molecular formula is C14H22N2O5. The summed E-state index contributed by atoms with van der Waals surface area (Å²) in [6.45, 7) is 2.33. The Morgan fingerprint density at radius 2 is 1.86 bits per heavy atom. The number of carboxylic acids is 1. The molecule has 7 nitrogen and oxygen atoms in total. The number of carboxylic acid groups (broad SMARTS) is 1. The van der Waals surface area contributed by atoms with Gasteiger partial charge in [-0.3, -0.25) is 9.59 Å². The first-order valence-corrected chi connectivity index (χ1v) is 7.40. The number of amides is 2. The average Bonchev–Trinajstić information content (AvgIpc) is 3.27. The number of nitrogens with zero attached hydrogens (tertiary/aromatic N) is 1. The van der Waals surface area contributed by atoms with Crippen molar-refractivity contribution < 1.29 is 24.6 Å². The van der Waals surface area contributed by atoms with E-state index in [-0.39, 0.29) is 11.8 Å². The zero-order valence-corrected chi connectivity index (χ0v) is 12.1. The van der Waals surface area contributed by atoms with Gasteiger partial charge in [0.15, 0.2) is 6.04 Å². The van der Waals surface area contributed by atoms with E-state index in [1.807, 2.05) is 0 Å². The molecule has 0 aromatic heterocycles. The maximum Gasteiger partial charge on any atom is 0.328 e. The Balaban J connectivity index is 1.92. The van der Waals surface area contributed by atoms with E-state index in [9.17, 15) is 19.5 Å². The van der Waals surface area contributed by atoms with Gasteiger partial charge in [0.05, 0.1) is 12.0 Å². The summed E-state index contributed by atoms with van der Waals surface area (Å²) in [5, 5.41) is 20.7. The first-order valence-electron chi connectivity index (χ1n) is 7.40. The Morgan fingerprint density at radius 3 is 2.38 bits per heavy atom. The SMILES string of the molecule is CC(O)C(NC(=O)C1CCCN(C(=O)C2CC2)C1)C(=O)O. The molecule has 1 aliphatic heterocycles. The van der Waals surface area contributed by atoms with Gasteiger partial charge in [0, 0.05) is 19.0 Å². The van der Waals surface area contributed by atoms with Crippen LogP contribution in [-0.2, 0) is 14.4 Å². The van der Waals surface area contributed by atoms with E-state index in [1.54, 1.807) is 4.90 Å². The number of aliphatic hydroxyl groups is 1. The fraction of sp³-hybridized carbons (Fsp3) is 0.786. The van der Waals surface area contributed by atoms with Gasteiger partial charge in [0.2, 0.25) is 11.8 Å². The minimum absolute atomic E-state index is 0.109. The number of aliphatic hydroxyl groups excluding tert-OH is 1. The molecule has 0 aromatic rings. The van der Waals surface area contributed by atoms with Crippen molar-refractivity contribution in [3.8, 4) is 0 Å².